The summed E-state index contributed by atoms with van der Waals surface area (Å²) in [6.07, 6.45) is 6.55. The van der Waals surface area contributed by atoms with Crippen molar-refractivity contribution in [1.82, 2.24) is 15.0 Å². The maximum atomic E-state index is 12.9. The number of sulfonamides is 1. The molecule has 2 aromatic carbocycles. The van der Waals surface area contributed by atoms with Gasteiger partial charge in [0.1, 0.15) is 10.7 Å². The van der Waals surface area contributed by atoms with Gasteiger partial charge >= 0.3 is 0 Å². The number of fused-ring (bicyclic) bond motifs is 1. The molecule has 4 N–H and O–H groups in total. The van der Waals surface area contributed by atoms with Gasteiger partial charge in [-0.2, -0.15) is 0 Å². The summed E-state index contributed by atoms with van der Waals surface area (Å²) in [5, 5.41) is 4.54. The lowest BCUT2D eigenvalue weighted by Gasteiger charge is -2.26. The lowest BCUT2D eigenvalue weighted by atomic mass is 9.92. The van der Waals surface area contributed by atoms with Crippen LogP contribution in [0.5, 0.6) is 0 Å². The van der Waals surface area contributed by atoms with Crippen molar-refractivity contribution in [3.05, 3.63) is 71.0 Å². The first-order valence-corrected chi connectivity index (χ1v) is 14.7. The molecular formula is C28H31ClN6O2S. The number of pyridine rings is 1. The number of aromatic nitrogens is 3. The predicted octanol–water partition coefficient (Wildman–Crippen LogP) is 5.70. The predicted molar refractivity (Wildman–Crippen MR) is 153 cm³/mol. The largest absolute Gasteiger partial charge is 0.351 e. The summed E-state index contributed by atoms with van der Waals surface area (Å²) in [6, 6.07) is 14.7. The van der Waals surface area contributed by atoms with Gasteiger partial charge in [-0.05, 0) is 86.6 Å². The molecule has 0 saturated heterocycles. The van der Waals surface area contributed by atoms with Crippen LogP contribution in [0.3, 0.4) is 0 Å². The van der Waals surface area contributed by atoms with Crippen LogP contribution in [0.25, 0.3) is 22.0 Å². The summed E-state index contributed by atoms with van der Waals surface area (Å²) in [6.45, 7) is 4.04. The van der Waals surface area contributed by atoms with Gasteiger partial charge in [0.15, 0.2) is 0 Å². The zero-order valence-electron chi connectivity index (χ0n) is 21.4. The van der Waals surface area contributed by atoms with Gasteiger partial charge in [0, 0.05) is 29.2 Å². The van der Waals surface area contributed by atoms with Gasteiger partial charge in [0.25, 0.3) is 10.0 Å². The van der Waals surface area contributed by atoms with Crippen LogP contribution < -0.4 is 15.8 Å². The second-order valence-electron chi connectivity index (χ2n) is 9.76. The van der Waals surface area contributed by atoms with E-state index in [1.807, 2.05) is 26.1 Å². The fourth-order valence-electron chi connectivity index (χ4n) is 4.92. The van der Waals surface area contributed by atoms with E-state index in [0.29, 0.717) is 24.5 Å². The van der Waals surface area contributed by atoms with E-state index in [4.69, 9.17) is 22.3 Å². The Bertz CT molecular complexity index is 1590. The topological polar surface area (TPSA) is 123 Å². The Balaban J connectivity index is 1.41. The fraction of sp³-hybridized carbons (Fsp3) is 0.321. The lowest BCUT2D eigenvalue weighted by molar-refractivity contribution is 0.410. The van der Waals surface area contributed by atoms with Crippen molar-refractivity contribution in [2.45, 2.75) is 62.9 Å². The quantitative estimate of drug-likeness (QED) is 0.270. The minimum Gasteiger partial charge on any atom is -0.351 e. The van der Waals surface area contributed by atoms with Crippen molar-refractivity contribution >= 4 is 44.3 Å². The van der Waals surface area contributed by atoms with Gasteiger partial charge < -0.3 is 11.1 Å². The van der Waals surface area contributed by atoms with Crippen LogP contribution in [0.15, 0.2) is 59.6 Å². The van der Waals surface area contributed by atoms with E-state index in [1.165, 1.54) is 6.07 Å². The standard InChI is InChI=1S/C28H31ClN6O2S/c1-3-24-21(12-13-27(33-24)35-38(36,37)26-7-5-4-6-23(26)29)22-15-18-16-31-28(34-25(18)14-17(22)2)32-20-10-8-19(30)9-11-20/h4-7,12-16,19-20H,3,8-11,30H2,1-2H3,(H,33,35)(H,31,32,34)/t19-,20-. The molecule has 198 valence electrons. The third-order valence-corrected chi connectivity index (χ3v) is 8.85. The molecule has 0 bridgehead atoms. The Morgan fingerprint density at radius 3 is 2.53 bits per heavy atom. The van der Waals surface area contributed by atoms with Crippen LogP contribution in [-0.2, 0) is 16.4 Å². The zero-order valence-corrected chi connectivity index (χ0v) is 23.0. The smallest absolute Gasteiger partial charge is 0.264 e. The number of anilines is 2. The summed E-state index contributed by atoms with van der Waals surface area (Å²) in [5.74, 6) is 0.878. The maximum absolute atomic E-state index is 12.9. The maximum Gasteiger partial charge on any atom is 0.264 e. The minimum absolute atomic E-state index is 0.0110. The molecule has 0 amide bonds. The average Bonchev–Trinajstić information content (AvgIpc) is 2.89. The highest BCUT2D eigenvalue weighted by Crippen LogP contribution is 2.32. The highest BCUT2D eigenvalue weighted by atomic mass is 35.5. The van der Waals surface area contributed by atoms with Crippen molar-refractivity contribution in [2.24, 2.45) is 5.73 Å². The van der Waals surface area contributed by atoms with E-state index in [1.54, 1.807) is 24.3 Å². The normalized spacial score (nSPS) is 17.9. The first-order valence-electron chi connectivity index (χ1n) is 12.8. The van der Waals surface area contributed by atoms with Gasteiger partial charge in [0.05, 0.1) is 16.2 Å². The molecule has 8 nitrogen and oxygen atoms in total. The fourth-order valence-corrected chi connectivity index (χ4v) is 6.44. The van der Waals surface area contributed by atoms with Crippen molar-refractivity contribution < 1.29 is 8.42 Å². The second kappa shape index (κ2) is 10.8. The molecule has 0 spiro atoms. The molecule has 1 aliphatic rings. The number of nitrogens with zero attached hydrogens (tertiary/aromatic N) is 3. The number of benzene rings is 2. The number of aryl methyl sites for hydroxylation is 2. The summed E-state index contributed by atoms with van der Waals surface area (Å²) >= 11 is 6.11. The molecule has 1 saturated carbocycles. The van der Waals surface area contributed by atoms with E-state index >= 15 is 0 Å². The van der Waals surface area contributed by atoms with Gasteiger partial charge in [-0.1, -0.05) is 30.7 Å². The van der Waals surface area contributed by atoms with Crippen LogP contribution in [-0.4, -0.2) is 35.5 Å². The Labute approximate surface area is 228 Å². The monoisotopic (exact) mass is 550 g/mol. The zero-order chi connectivity index (χ0) is 26.9. The molecule has 0 unspecified atom stereocenters. The molecule has 1 aliphatic carbocycles. The number of hydrogen-bond acceptors (Lipinski definition) is 7. The third kappa shape index (κ3) is 5.60. The summed E-state index contributed by atoms with van der Waals surface area (Å²) in [5.41, 5.74) is 10.7. The number of nitrogens with one attached hydrogen (secondary N) is 2. The molecule has 0 aliphatic heterocycles. The first kappa shape index (κ1) is 26.3. The minimum atomic E-state index is -3.87. The Hall–Kier alpha value is -3.27. The molecule has 0 atom stereocenters. The van der Waals surface area contributed by atoms with Gasteiger partial charge in [0.2, 0.25) is 5.95 Å². The molecule has 4 aromatic rings. The third-order valence-electron chi connectivity index (χ3n) is 7.00. The van der Waals surface area contributed by atoms with Crippen molar-refractivity contribution in [1.29, 1.82) is 0 Å². The van der Waals surface area contributed by atoms with Crippen LogP contribution in [0, 0.1) is 6.92 Å². The molecule has 2 aromatic heterocycles. The highest BCUT2D eigenvalue weighted by Gasteiger charge is 2.21. The Kier molecular flexibility index (Phi) is 7.52. The summed E-state index contributed by atoms with van der Waals surface area (Å²) in [4.78, 5) is 14.0. The van der Waals surface area contributed by atoms with Crippen LogP contribution in [0.2, 0.25) is 5.02 Å². The molecule has 1 fully saturated rings. The highest BCUT2D eigenvalue weighted by molar-refractivity contribution is 7.92. The second-order valence-corrected chi connectivity index (χ2v) is 11.8. The van der Waals surface area contributed by atoms with Crippen LogP contribution in [0.4, 0.5) is 11.8 Å². The molecular weight excluding hydrogens is 520 g/mol. The Morgan fingerprint density at radius 2 is 1.79 bits per heavy atom. The van der Waals surface area contributed by atoms with Gasteiger partial charge in [-0.15, -0.1) is 0 Å². The molecule has 5 rings (SSSR count). The van der Waals surface area contributed by atoms with E-state index < -0.39 is 10.0 Å². The first-order chi connectivity index (χ1) is 18.2. The molecule has 2 heterocycles. The van der Waals surface area contributed by atoms with Gasteiger partial charge in [-0.3, -0.25) is 4.72 Å². The number of halogens is 1. The van der Waals surface area contributed by atoms with E-state index in [-0.39, 0.29) is 15.7 Å². The molecule has 0 radical (unpaired) electrons. The van der Waals surface area contributed by atoms with E-state index in [0.717, 1.165) is 59.0 Å². The van der Waals surface area contributed by atoms with E-state index in [2.05, 4.69) is 32.1 Å². The van der Waals surface area contributed by atoms with Gasteiger partial charge in [-0.25, -0.2) is 23.4 Å². The van der Waals surface area contributed by atoms with Crippen LogP contribution in [0.1, 0.15) is 43.9 Å². The van der Waals surface area contributed by atoms with Crippen molar-refractivity contribution in [3.8, 4) is 11.1 Å². The number of rotatable bonds is 7. The average molecular weight is 551 g/mol. The van der Waals surface area contributed by atoms with Crippen LogP contribution >= 0.6 is 11.6 Å². The lowest BCUT2D eigenvalue weighted by Crippen LogP contribution is -2.33. The number of nitrogens with two attached hydrogens (primary N) is 1. The number of hydrogen-bond donors (Lipinski definition) is 3. The van der Waals surface area contributed by atoms with E-state index in [9.17, 15) is 8.42 Å². The summed E-state index contributed by atoms with van der Waals surface area (Å²) < 4.78 is 28.3. The van der Waals surface area contributed by atoms with Crippen molar-refractivity contribution in [2.75, 3.05) is 10.0 Å². The molecule has 38 heavy (non-hydrogen) atoms. The molecule has 10 heteroatoms. The summed E-state index contributed by atoms with van der Waals surface area (Å²) in [7, 11) is -3.87. The SMILES string of the molecule is CCc1nc(NS(=O)(=O)c2ccccc2Cl)ccc1-c1cc2cnc(N[C@H]3CC[C@H](N)CC3)nc2cc1C. The van der Waals surface area contributed by atoms with Crippen molar-refractivity contribution in [3.63, 3.8) is 0 Å². The Morgan fingerprint density at radius 1 is 1.03 bits per heavy atom.